The number of benzene rings is 1. The van der Waals surface area contributed by atoms with Gasteiger partial charge in [-0.25, -0.2) is 4.39 Å². The van der Waals surface area contributed by atoms with Crippen molar-refractivity contribution in [2.75, 3.05) is 13.0 Å². The lowest BCUT2D eigenvalue weighted by Crippen LogP contribution is -1.90. The largest absolute Gasteiger partial charge is 0.496 e. The number of hydrogen-bond acceptors (Lipinski definition) is 1. The number of allylic oxidation sites excluding steroid dienone is 1. The summed E-state index contributed by atoms with van der Waals surface area (Å²) in [6.45, 7) is 0. The van der Waals surface area contributed by atoms with E-state index in [1.54, 1.807) is 24.3 Å². The highest BCUT2D eigenvalue weighted by Gasteiger charge is 2.04. The topological polar surface area (TPSA) is 9.23 Å². The maximum Gasteiger partial charge on any atom is 0.134 e. The lowest BCUT2D eigenvalue weighted by molar-refractivity contribution is 0.410. The second-order valence-electron chi connectivity index (χ2n) is 2.41. The molecule has 0 fully saturated rings. The lowest BCUT2D eigenvalue weighted by atomic mass is 10.2. The molecule has 0 atom stereocenters. The maximum atomic E-state index is 13.2. The molecule has 0 heterocycles. The van der Waals surface area contributed by atoms with Crippen LogP contribution in [0.1, 0.15) is 5.56 Å². The fourth-order valence-electron chi connectivity index (χ4n) is 1.02. The molecule has 3 heteroatoms. The minimum Gasteiger partial charge on any atom is -0.496 e. The van der Waals surface area contributed by atoms with Gasteiger partial charge in [-0.05, 0) is 12.1 Å². The van der Waals surface area contributed by atoms with Crippen molar-refractivity contribution in [3.05, 3.63) is 35.7 Å². The highest BCUT2D eigenvalue weighted by Crippen LogP contribution is 2.22. The van der Waals surface area contributed by atoms with Gasteiger partial charge >= 0.3 is 0 Å². The monoisotopic (exact) mass is 200 g/mol. The molecule has 0 aliphatic carbocycles. The highest BCUT2D eigenvalue weighted by atomic mass is 35.5. The van der Waals surface area contributed by atoms with E-state index >= 15 is 0 Å². The Morgan fingerprint density at radius 2 is 2.31 bits per heavy atom. The molecule has 1 rings (SSSR count). The van der Waals surface area contributed by atoms with Gasteiger partial charge in [-0.1, -0.05) is 18.2 Å². The molecule has 1 nitrogen and oxygen atoms in total. The third kappa shape index (κ3) is 2.46. The summed E-state index contributed by atoms with van der Waals surface area (Å²) >= 11 is 5.45. The quantitative estimate of drug-likeness (QED) is 0.682. The van der Waals surface area contributed by atoms with Crippen LogP contribution in [0.5, 0.6) is 5.75 Å². The molecule has 1 aromatic rings. The van der Waals surface area contributed by atoms with Gasteiger partial charge in [0.25, 0.3) is 0 Å². The van der Waals surface area contributed by atoms with E-state index in [9.17, 15) is 4.39 Å². The van der Waals surface area contributed by atoms with Crippen LogP contribution in [0.2, 0.25) is 0 Å². The first-order valence-electron chi connectivity index (χ1n) is 3.84. The molecule has 0 saturated carbocycles. The number of methoxy groups -OCH3 is 1. The Bertz CT molecular complexity index is 310. The van der Waals surface area contributed by atoms with Crippen LogP contribution in [0.15, 0.2) is 24.3 Å². The van der Waals surface area contributed by atoms with E-state index in [1.165, 1.54) is 13.2 Å². The van der Waals surface area contributed by atoms with Crippen molar-refractivity contribution in [3.8, 4) is 5.75 Å². The van der Waals surface area contributed by atoms with Crippen molar-refractivity contribution < 1.29 is 9.13 Å². The van der Waals surface area contributed by atoms with Crippen molar-refractivity contribution >= 4 is 17.7 Å². The van der Waals surface area contributed by atoms with E-state index in [0.29, 0.717) is 17.2 Å². The van der Waals surface area contributed by atoms with Crippen LogP contribution in [0.4, 0.5) is 4.39 Å². The standard InChI is InChI=1S/C10H10ClFO/c1-13-10-6-2-5-9(12)8(10)4-3-7-11/h2-6H,7H2,1H3. The Hall–Kier alpha value is -1.02. The fraction of sp³-hybridized carbons (Fsp3) is 0.200. The van der Waals surface area contributed by atoms with Crippen molar-refractivity contribution in [2.45, 2.75) is 0 Å². The van der Waals surface area contributed by atoms with Gasteiger partial charge in [0.15, 0.2) is 0 Å². The molecule has 0 N–H and O–H groups in total. The molecule has 0 saturated heterocycles. The van der Waals surface area contributed by atoms with Crippen LogP contribution >= 0.6 is 11.6 Å². The molecule has 0 aromatic heterocycles. The average Bonchev–Trinajstić information content (AvgIpc) is 2.15. The van der Waals surface area contributed by atoms with E-state index in [4.69, 9.17) is 16.3 Å². The maximum absolute atomic E-state index is 13.2. The predicted octanol–water partition coefficient (Wildman–Crippen LogP) is 3.09. The first-order chi connectivity index (χ1) is 6.29. The molecular formula is C10H10ClFO. The zero-order valence-electron chi connectivity index (χ0n) is 7.26. The van der Waals surface area contributed by atoms with Crippen LogP contribution in [0, 0.1) is 5.82 Å². The minimum atomic E-state index is -0.305. The SMILES string of the molecule is COc1cccc(F)c1C=CCCl. The molecule has 70 valence electrons. The van der Waals surface area contributed by atoms with E-state index in [0.717, 1.165) is 0 Å². The number of ether oxygens (including phenoxy) is 1. The number of hydrogen-bond donors (Lipinski definition) is 0. The Labute approximate surface area is 81.8 Å². The van der Waals surface area contributed by atoms with Gasteiger partial charge in [-0.2, -0.15) is 0 Å². The molecule has 1 aromatic carbocycles. The third-order valence-electron chi connectivity index (χ3n) is 1.61. The van der Waals surface area contributed by atoms with Crippen LogP contribution in [0.3, 0.4) is 0 Å². The van der Waals surface area contributed by atoms with E-state index in [2.05, 4.69) is 0 Å². The second kappa shape index (κ2) is 4.87. The zero-order valence-corrected chi connectivity index (χ0v) is 8.01. The molecule has 0 amide bonds. The highest BCUT2D eigenvalue weighted by molar-refractivity contribution is 6.19. The summed E-state index contributed by atoms with van der Waals surface area (Å²) in [7, 11) is 1.51. The molecule has 0 radical (unpaired) electrons. The van der Waals surface area contributed by atoms with Crippen LogP contribution in [0.25, 0.3) is 6.08 Å². The number of rotatable bonds is 3. The van der Waals surface area contributed by atoms with Crippen molar-refractivity contribution in [3.63, 3.8) is 0 Å². The summed E-state index contributed by atoms with van der Waals surface area (Å²) in [6.07, 6.45) is 3.28. The first-order valence-corrected chi connectivity index (χ1v) is 4.38. The van der Waals surface area contributed by atoms with Crippen LogP contribution in [-0.2, 0) is 0 Å². The van der Waals surface area contributed by atoms with Gasteiger partial charge < -0.3 is 4.74 Å². The summed E-state index contributed by atoms with van der Waals surface area (Å²) in [6, 6.07) is 4.69. The third-order valence-corrected chi connectivity index (χ3v) is 1.78. The van der Waals surface area contributed by atoms with Gasteiger partial charge in [0.2, 0.25) is 0 Å². The van der Waals surface area contributed by atoms with Gasteiger partial charge in [0.1, 0.15) is 11.6 Å². The molecule has 0 bridgehead atoms. The summed E-state index contributed by atoms with van der Waals surface area (Å²) in [4.78, 5) is 0. The van der Waals surface area contributed by atoms with Crippen LogP contribution < -0.4 is 4.74 Å². The molecular weight excluding hydrogens is 191 g/mol. The first kappa shape index (κ1) is 10.1. The smallest absolute Gasteiger partial charge is 0.134 e. The summed E-state index contributed by atoms with van der Waals surface area (Å²) in [5, 5.41) is 0. The molecule has 0 unspecified atom stereocenters. The van der Waals surface area contributed by atoms with E-state index < -0.39 is 0 Å². The Morgan fingerprint density at radius 3 is 2.92 bits per heavy atom. The van der Waals surface area contributed by atoms with Gasteiger partial charge in [0.05, 0.1) is 12.7 Å². The molecule has 0 aliphatic rings. The van der Waals surface area contributed by atoms with Crippen molar-refractivity contribution in [1.29, 1.82) is 0 Å². The fourth-order valence-corrected chi connectivity index (χ4v) is 1.11. The molecule has 0 spiro atoms. The zero-order chi connectivity index (χ0) is 9.68. The van der Waals surface area contributed by atoms with Gasteiger partial charge in [0, 0.05) is 5.88 Å². The molecule has 0 aliphatic heterocycles. The van der Waals surface area contributed by atoms with Gasteiger partial charge in [-0.3, -0.25) is 0 Å². The Kier molecular flexibility index (Phi) is 3.77. The van der Waals surface area contributed by atoms with Crippen LogP contribution in [-0.4, -0.2) is 13.0 Å². The van der Waals surface area contributed by atoms with Crippen molar-refractivity contribution in [2.24, 2.45) is 0 Å². The summed E-state index contributed by atoms with van der Waals surface area (Å²) in [5.74, 6) is 0.569. The Morgan fingerprint density at radius 1 is 1.54 bits per heavy atom. The van der Waals surface area contributed by atoms with Gasteiger partial charge in [-0.15, -0.1) is 11.6 Å². The normalized spacial score (nSPS) is 10.7. The average molecular weight is 201 g/mol. The van der Waals surface area contributed by atoms with E-state index in [-0.39, 0.29) is 5.82 Å². The molecule has 13 heavy (non-hydrogen) atoms. The Balaban J connectivity index is 3.07. The van der Waals surface area contributed by atoms with E-state index in [1.807, 2.05) is 0 Å². The van der Waals surface area contributed by atoms with Crippen molar-refractivity contribution in [1.82, 2.24) is 0 Å². The minimum absolute atomic E-state index is 0.305. The summed E-state index contributed by atoms with van der Waals surface area (Å²) in [5.41, 5.74) is 0.436. The summed E-state index contributed by atoms with van der Waals surface area (Å²) < 4.78 is 18.2. The predicted molar refractivity (Wildman–Crippen MR) is 52.7 cm³/mol. The number of halogens is 2. The second-order valence-corrected chi connectivity index (χ2v) is 2.72. The number of alkyl halides is 1. The lowest BCUT2D eigenvalue weighted by Gasteiger charge is -2.04.